The molecule has 182 valence electrons. The van der Waals surface area contributed by atoms with Crippen LogP contribution < -0.4 is 10.1 Å². The molecule has 1 N–H and O–H groups in total. The average Bonchev–Trinajstić information content (AvgIpc) is 2.80. The SMILES string of the molecule is CN=C(NCc1cccc(COC2CCOCC2)c1)N(C)Cc1ccc(OC(F)F)cc1.I. The summed E-state index contributed by atoms with van der Waals surface area (Å²) in [6.07, 6.45) is 2.17. The molecule has 0 aliphatic carbocycles. The molecule has 0 aromatic heterocycles. The summed E-state index contributed by atoms with van der Waals surface area (Å²) in [5, 5.41) is 3.37. The molecule has 1 saturated heterocycles. The Balaban J connectivity index is 0.00000385. The highest BCUT2D eigenvalue weighted by Gasteiger charge is 2.14. The van der Waals surface area contributed by atoms with Crippen molar-refractivity contribution in [2.24, 2.45) is 4.99 Å². The number of benzene rings is 2. The number of alkyl halides is 2. The van der Waals surface area contributed by atoms with Gasteiger partial charge in [0.05, 0.1) is 12.7 Å². The second-order valence-corrected chi connectivity index (χ2v) is 7.72. The average molecular weight is 575 g/mol. The Morgan fingerprint density at radius 1 is 1.12 bits per heavy atom. The summed E-state index contributed by atoms with van der Waals surface area (Å²) in [4.78, 5) is 6.32. The number of rotatable bonds is 9. The topological polar surface area (TPSA) is 55.3 Å². The standard InChI is InChI=1S/C24H31F2N3O3.HI/c1-27-24(29(2)16-18-6-8-22(9-7-18)32-23(25)26)28-15-19-4-3-5-20(14-19)17-31-21-10-12-30-13-11-21;/h3-9,14,21,23H,10-13,15-17H2,1-2H3,(H,27,28);1H. The molecule has 0 amide bonds. The van der Waals surface area contributed by atoms with E-state index in [0.717, 1.165) is 48.7 Å². The van der Waals surface area contributed by atoms with Crippen molar-refractivity contribution in [1.29, 1.82) is 0 Å². The minimum absolute atomic E-state index is 0. The van der Waals surface area contributed by atoms with Crippen LogP contribution in [0.25, 0.3) is 0 Å². The number of hydrogen-bond acceptors (Lipinski definition) is 4. The zero-order chi connectivity index (χ0) is 22.8. The van der Waals surface area contributed by atoms with Crippen molar-refractivity contribution in [3.05, 3.63) is 65.2 Å². The summed E-state index contributed by atoms with van der Waals surface area (Å²) in [6, 6.07) is 14.9. The van der Waals surface area contributed by atoms with Crippen molar-refractivity contribution in [3.8, 4) is 5.75 Å². The van der Waals surface area contributed by atoms with Crippen LogP contribution in [-0.4, -0.2) is 50.9 Å². The van der Waals surface area contributed by atoms with Gasteiger partial charge in [-0.1, -0.05) is 36.4 Å². The van der Waals surface area contributed by atoms with Crippen LogP contribution in [0.3, 0.4) is 0 Å². The van der Waals surface area contributed by atoms with Gasteiger partial charge >= 0.3 is 6.61 Å². The molecule has 1 aliphatic rings. The van der Waals surface area contributed by atoms with Gasteiger partial charge in [0, 0.05) is 40.4 Å². The van der Waals surface area contributed by atoms with Gasteiger partial charge in [-0.05, 0) is 41.7 Å². The lowest BCUT2D eigenvalue weighted by molar-refractivity contribution is -0.0498. The van der Waals surface area contributed by atoms with Crippen molar-refractivity contribution in [2.75, 3.05) is 27.3 Å². The molecule has 1 aliphatic heterocycles. The third-order valence-electron chi connectivity index (χ3n) is 5.24. The van der Waals surface area contributed by atoms with E-state index in [4.69, 9.17) is 9.47 Å². The van der Waals surface area contributed by atoms with Crippen LogP contribution in [0, 0.1) is 0 Å². The quantitative estimate of drug-likeness (QED) is 0.265. The zero-order valence-corrected chi connectivity index (χ0v) is 21.3. The van der Waals surface area contributed by atoms with Gasteiger partial charge in [0.2, 0.25) is 0 Å². The number of ether oxygens (including phenoxy) is 3. The number of aliphatic imine (C=N–C) groups is 1. The number of hydrogen-bond donors (Lipinski definition) is 1. The molecule has 1 fully saturated rings. The molecule has 6 nitrogen and oxygen atoms in total. The molecule has 0 unspecified atom stereocenters. The fourth-order valence-electron chi connectivity index (χ4n) is 3.58. The first-order valence-electron chi connectivity index (χ1n) is 10.8. The molecule has 0 atom stereocenters. The highest BCUT2D eigenvalue weighted by molar-refractivity contribution is 14.0. The summed E-state index contributed by atoms with van der Waals surface area (Å²) in [7, 11) is 3.66. The molecule has 2 aromatic carbocycles. The van der Waals surface area contributed by atoms with E-state index in [0.29, 0.717) is 19.7 Å². The van der Waals surface area contributed by atoms with Gasteiger partial charge in [-0.15, -0.1) is 24.0 Å². The Kier molecular flexibility index (Phi) is 11.8. The monoisotopic (exact) mass is 575 g/mol. The largest absolute Gasteiger partial charge is 0.435 e. The smallest absolute Gasteiger partial charge is 0.387 e. The van der Waals surface area contributed by atoms with E-state index < -0.39 is 6.61 Å². The summed E-state index contributed by atoms with van der Waals surface area (Å²) in [5.41, 5.74) is 3.25. The number of halogens is 3. The molecular weight excluding hydrogens is 543 g/mol. The van der Waals surface area contributed by atoms with Gasteiger partial charge in [-0.25, -0.2) is 0 Å². The van der Waals surface area contributed by atoms with E-state index in [2.05, 4.69) is 33.2 Å². The first kappa shape index (κ1) is 27.3. The van der Waals surface area contributed by atoms with E-state index in [1.54, 1.807) is 31.3 Å². The van der Waals surface area contributed by atoms with Gasteiger partial charge in [-0.2, -0.15) is 8.78 Å². The summed E-state index contributed by atoms with van der Waals surface area (Å²) in [5.74, 6) is 0.886. The van der Waals surface area contributed by atoms with Crippen molar-refractivity contribution in [1.82, 2.24) is 10.2 Å². The Morgan fingerprint density at radius 3 is 2.48 bits per heavy atom. The van der Waals surface area contributed by atoms with Crippen LogP contribution in [-0.2, 0) is 29.2 Å². The van der Waals surface area contributed by atoms with E-state index in [9.17, 15) is 8.78 Å². The maximum Gasteiger partial charge on any atom is 0.387 e. The molecule has 0 saturated carbocycles. The third kappa shape index (κ3) is 9.42. The lowest BCUT2D eigenvalue weighted by Gasteiger charge is -2.23. The lowest BCUT2D eigenvalue weighted by atomic mass is 10.1. The molecule has 0 radical (unpaired) electrons. The summed E-state index contributed by atoms with van der Waals surface area (Å²) >= 11 is 0. The van der Waals surface area contributed by atoms with Gasteiger partial charge in [0.1, 0.15) is 5.75 Å². The molecule has 2 aromatic rings. The minimum atomic E-state index is -2.82. The van der Waals surface area contributed by atoms with Crippen LogP contribution in [0.5, 0.6) is 5.75 Å². The Labute approximate surface area is 211 Å². The highest BCUT2D eigenvalue weighted by atomic mass is 127. The van der Waals surface area contributed by atoms with Crippen LogP contribution >= 0.6 is 24.0 Å². The molecule has 33 heavy (non-hydrogen) atoms. The molecule has 0 bridgehead atoms. The maximum atomic E-state index is 12.3. The van der Waals surface area contributed by atoms with Crippen LogP contribution in [0.15, 0.2) is 53.5 Å². The molecule has 1 heterocycles. The summed E-state index contributed by atoms with van der Waals surface area (Å²) < 4.78 is 40.4. The van der Waals surface area contributed by atoms with E-state index in [-0.39, 0.29) is 35.8 Å². The molecule has 3 rings (SSSR count). The molecule has 9 heteroatoms. The fourth-order valence-corrected chi connectivity index (χ4v) is 3.58. The van der Waals surface area contributed by atoms with E-state index in [1.165, 1.54) is 0 Å². The van der Waals surface area contributed by atoms with Crippen LogP contribution in [0.4, 0.5) is 8.78 Å². The number of guanidine groups is 1. The number of nitrogens with one attached hydrogen (secondary N) is 1. The normalized spacial score (nSPS) is 14.6. The Hall–Kier alpha value is -1.98. The van der Waals surface area contributed by atoms with E-state index >= 15 is 0 Å². The Bertz CT molecular complexity index is 862. The van der Waals surface area contributed by atoms with Crippen LogP contribution in [0.2, 0.25) is 0 Å². The van der Waals surface area contributed by atoms with Crippen molar-refractivity contribution < 1.29 is 23.0 Å². The van der Waals surface area contributed by atoms with E-state index in [1.807, 2.05) is 18.0 Å². The predicted octanol–water partition coefficient (Wildman–Crippen LogP) is 4.81. The zero-order valence-electron chi connectivity index (χ0n) is 19.0. The predicted molar refractivity (Wildman–Crippen MR) is 135 cm³/mol. The van der Waals surface area contributed by atoms with Crippen molar-refractivity contribution in [2.45, 2.75) is 45.3 Å². The van der Waals surface area contributed by atoms with Crippen molar-refractivity contribution >= 4 is 29.9 Å². The second-order valence-electron chi connectivity index (χ2n) is 7.72. The minimum Gasteiger partial charge on any atom is -0.435 e. The summed E-state index contributed by atoms with van der Waals surface area (Å²) in [6.45, 7) is 0.525. The molecular formula is C24H32F2IN3O3. The second kappa shape index (κ2) is 14.3. The Morgan fingerprint density at radius 2 is 1.82 bits per heavy atom. The third-order valence-corrected chi connectivity index (χ3v) is 5.24. The van der Waals surface area contributed by atoms with Crippen LogP contribution in [0.1, 0.15) is 29.5 Å². The highest BCUT2D eigenvalue weighted by Crippen LogP contribution is 2.16. The van der Waals surface area contributed by atoms with Gasteiger partial charge in [0.15, 0.2) is 5.96 Å². The lowest BCUT2D eigenvalue weighted by Crippen LogP contribution is -2.38. The van der Waals surface area contributed by atoms with Gasteiger partial charge in [-0.3, -0.25) is 4.99 Å². The molecule has 0 spiro atoms. The first-order chi connectivity index (χ1) is 15.5. The fraction of sp³-hybridized carbons (Fsp3) is 0.458. The maximum absolute atomic E-state index is 12.3. The number of nitrogens with zero attached hydrogens (tertiary/aromatic N) is 2. The van der Waals surface area contributed by atoms with Gasteiger partial charge < -0.3 is 24.4 Å². The van der Waals surface area contributed by atoms with Crippen molar-refractivity contribution in [3.63, 3.8) is 0 Å². The first-order valence-corrected chi connectivity index (χ1v) is 10.8. The van der Waals surface area contributed by atoms with Gasteiger partial charge in [0.25, 0.3) is 0 Å².